The monoisotopic (exact) mass is 401 g/mol. The van der Waals surface area contributed by atoms with Crippen LogP contribution in [0.2, 0.25) is 0 Å². The number of nitrogens with zero attached hydrogens (tertiary/aromatic N) is 1. The van der Waals surface area contributed by atoms with E-state index in [9.17, 15) is 17.6 Å². The number of amides is 1. The number of likely N-dealkylation sites (N-methyl/N-ethyl adjacent to an activating group) is 1. The second-order valence-corrected chi connectivity index (χ2v) is 7.93. The number of carbonyl (C=O) groups excluding carboxylic acids is 1. The Kier molecular flexibility index (Phi) is 6.01. The molecule has 21 heavy (non-hydrogen) atoms. The molecule has 1 aromatic carbocycles. The first-order chi connectivity index (χ1) is 9.54. The maximum atomic E-state index is 13.7. The molecule has 0 radical (unpaired) electrons. The molecule has 0 spiro atoms. The van der Waals surface area contributed by atoms with Crippen molar-refractivity contribution < 1.29 is 22.3 Å². The van der Waals surface area contributed by atoms with Gasteiger partial charge in [-0.1, -0.05) is 0 Å². The van der Waals surface area contributed by atoms with Gasteiger partial charge in [0, 0.05) is 29.8 Å². The van der Waals surface area contributed by atoms with Crippen LogP contribution < -0.4 is 4.74 Å². The Labute approximate surface area is 135 Å². The Bertz CT molecular complexity index is 651. The zero-order chi connectivity index (χ0) is 16.4. The highest BCUT2D eigenvalue weighted by Crippen LogP contribution is 2.31. The summed E-state index contributed by atoms with van der Waals surface area (Å²) in [6, 6.07) is 1.86. The standard InChI is InChI=1S/C12H14BrClFNO4S/c1-7(2)16(3)12(17)6-20-10-5-9(15)11(4-8(10)13)21(14,18)19/h4-5,7H,6H2,1-3H3. The second-order valence-electron chi connectivity index (χ2n) is 4.54. The maximum absolute atomic E-state index is 13.7. The Morgan fingerprint density at radius 3 is 2.52 bits per heavy atom. The normalized spacial score (nSPS) is 11.6. The van der Waals surface area contributed by atoms with Crippen molar-refractivity contribution in [3.63, 3.8) is 0 Å². The van der Waals surface area contributed by atoms with Crippen LogP contribution >= 0.6 is 26.6 Å². The molecule has 9 heteroatoms. The Hall–Kier alpha value is -0.860. The van der Waals surface area contributed by atoms with Crippen molar-refractivity contribution in [3.05, 3.63) is 22.4 Å². The highest BCUT2D eigenvalue weighted by molar-refractivity contribution is 9.10. The molecule has 5 nitrogen and oxygen atoms in total. The van der Waals surface area contributed by atoms with E-state index in [0.717, 1.165) is 12.1 Å². The number of hydrogen-bond acceptors (Lipinski definition) is 4. The molecule has 1 rings (SSSR count). The van der Waals surface area contributed by atoms with E-state index >= 15 is 0 Å². The largest absolute Gasteiger partial charge is 0.482 e. The van der Waals surface area contributed by atoms with Crippen molar-refractivity contribution >= 4 is 41.6 Å². The highest BCUT2D eigenvalue weighted by atomic mass is 79.9. The van der Waals surface area contributed by atoms with Gasteiger partial charge in [-0.2, -0.15) is 0 Å². The highest BCUT2D eigenvalue weighted by Gasteiger charge is 2.20. The average molecular weight is 403 g/mol. The maximum Gasteiger partial charge on any atom is 0.264 e. The molecular weight excluding hydrogens is 389 g/mol. The molecule has 0 aliphatic rings. The Balaban J connectivity index is 2.92. The molecule has 0 saturated heterocycles. The topological polar surface area (TPSA) is 63.7 Å². The fraction of sp³-hybridized carbons (Fsp3) is 0.417. The van der Waals surface area contributed by atoms with Crippen LogP contribution in [0, 0.1) is 5.82 Å². The van der Waals surface area contributed by atoms with Crippen LogP contribution in [0.25, 0.3) is 0 Å². The van der Waals surface area contributed by atoms with Crippen LogP contribution in [-0.4, -0.2) is 38.9 Å². The van der Waals surface area contributed by atoms with Gasteiger partial charge in [-0.25, -0.2) is 12.8 Å². The first-order valence-corrected chi connectivity index (χ1v) is 8.96. The van der Waals surface area contributed by atoms with Gasteiger partial charge in [0.15, 0.2) is 6.61 Å². The first-order valence-electron chi connectivity index (χ1n) is 5.86. The molecule has 0 atom stereocenters. The molecule has 1 amide bonds. The smallest absolute Gasteiger partial charge is 0.264 e. The van der Waals surface area contributed by atoms with Crippen molar-refractivity contribution in [2.75, 3.05) is 13.7 Å². The van der Waals surface area contributed by atoms with E-state index in [1.54, 1.807) is 7.05 Å². The lowest BCUT2D eigenvalue weighted by atomic mass is 10.3. The van der Waals surface area contributed by atoms with Crippen molar-refractivity contribution in [1.82, 2.24) is 4.90 Å². The zero-order valence-corrected chi connectivity index (χ0v) is 14.7. The van der Waals surface area contributed by atoms with Crippen molar-refractivity contribution in [1.29, 1.82) is 0 Å². The van der Waals surface area contributed by atoms with Gasteiger partial charge in [0.2, 0.25) is 0 Å². The summed E-state index contributed by atoms with van der Waals surface area (Å²) >= 11 is 3.05. The number of halogens is 3. The summed E-state index contributed by atoms with van der Waals surface area (Å²) in [6.45, 7) is 3.39. The summed E-state index contributed by atoms with van der Waals surface area (Å²) in [5.41, 5.74) is 0. The summed E-state index contributed by atoms with van der Waals surface area (Å²) in [6.07, 6.45) is 0. The lowest BCUT2D eigenvalue weighted by molar-refractivity contribution is -0.133. The second kappa shape index (κ2) is 6.93. The van der Waals surface area contributed by atoms with E-state index in [1.807, 2.05) is 13.8 Å². The minimum atomic E-state index is -4.19. The molecule has 118 valence electrons. The Morgan fingerprint density at radius 1 is 1.48 bits per heavy atom. The number of rotatable bonds is 5. The fourth-order valence-electron chi connectivity index (χ4n) is 1.34. The molecule has 0 bridgehead atoms. The third kappa shape index (κ3) is 4.82. The van der Waals surface area contributed by atoms with E-state index in [4.69, 9.17) is 15.4 Å². The first kappa shape index (κ1) is 18.2. The summed E-state index contributed by atoms with van der Waals surface area (Å²) in [7, 11) is 2.53. The predicted molar refractivity (Wildman–Crippen MR) is 80.5 cm³/mol. The SMILES string of the molecule is CC(C)N(C)C(=O)COc1cc(F)c(S(=O)(=O)Cl)cc1Br. The van der Waals surface area contributed by atoms with Gasteiger partial charge >= 0.3 is 0 Å². The van der Waals surface area contributed by atoms with Crippen LogP contribution in [0.5, 0.6) is 5.75 Å². The van der Waals surface area contributed by atoms with Crippen molar-refractivity contribution in [3.8, 4) is 5.75 Å². The minimum Gasteiger partial charge on any atom is -0.482 e. The molecule has 0 unspecified atom stereocenters. The van der Waals surface area contributed by atoms with E-state index in [-0.39, 0.29) is 28.8 Å². The summed E-state index contributed by atoms with van der Waals surface area (Å²) in [5, 5.41) is 0. The van der Waals surface area contributed by atoms with Crippen LogP contribution in [0.4, 0.5) is 4.39 Å². The average Bonchev–Trinajstić information content (AvgIpc) is 2.36. The van der Waals surface area contributed by atoms with E-state index in [2.05, 4.69) is 15.9 Å². The molecule has 0 aromatic heterocycles. The molecular formula is C12H14BrClFNO4S. The van der Waals surface area contributed by atoms with E-state index < -0.39 is 19.8 Å². The molecule has 0 heterocycles. The van der Waals surface area contributed by atoms with Gasteiger partial charge in [-0.15, -0.1) is 0 Å². The molecule has 0 fully saturated rings. The summed E-state index contributed by atoms with van der Waals surface area (Å²) < 4.78 is 41.4. The minimum absolute atomic E-state index is 0.00467. The van der Waals surface area contributed by atoms with Crippen molar-refractivity contribution in [2.24, 2.45) is 0 Å². The van der Waals surface area contributed by atoms with Crippen LogP contribution in [0.3, 0.4) is 0 Å². The summed E-state index contributed by atoms with van der Waals surface area (Å²) in [5.74, 6) is -1.32. The van der Waals surface area contributed by atoms with Gasteiger partial charge < -0.3 is 9.64 Å². The van der Waals surface area contributed by atoms with Crippen LogP contribution in [0.15, 0.2) is 21.5 Å². The van der Waals surface area contributed by atoms with Crippen LogP contribution in [0.1, 0.15) is 13.8 Å². The molecule has 0 aliphatic heterocycles. The molecule has 0 saturated carbocycles. The van der Waals surface area contributed by atoms with Gasteiger partial charge in [0.05, 0.1) is 4.47 Å². The van der Waals surface area contributed by atoms with Gasteiger partial charge in [0.1, 0.15) is 16.5 Å². The Morgan fingerprint density at radius 2 is 2.05 bits per heavy atom. The van der Waals surface area contributed by atoms with Gasteiger partial charge in [-0.05, 0) is 35.8 Å². The number of hydrogen-bond donors (Lipinski definition) is 0. The predicted octanol–water partition coefficient (Wildman–Crippen LogP) is 2.76. The zero-order valence-electron chi connectivity index (χ0n) is 11.6. The van der Waals surface area contributed by atoms with Gasteiger partial charge in [0.25, 0.3) is 15.0 Å². The fourth-order valence-corrected chi connectivity index (χ4v) is 2.85. The number of benzene rings is 1. The number of carbonyl (C=O) groups is 1. The lowest BCUT2D eigenvalue weighted by Gasteiger charge is -2.21. The lowest BCUT2D eigenvalue weighted by Crippen LogP contribution is -2.36. The van der Waals surface area contributed by atoms with E-state index in [0.29, 0.717) is 0 Å². The molecule has 0 N–H and O–H groups in total. The summed E-state index contributed by atoms with van der Waals surface area (Å²) in [4.78, 5) is 12.6. The third-order valence-corrected chi connectivity index (χ3v) is 4.72. The molecule has 1 aromatic rings. The molecule has 0 aliphatic carbocycles. The van der Waals surface area contributed by atoms with Gasteiger partial charge in [-0.3, -0.25) is 4.79 Å². The van der Waals surface area contributed by atoms with Crippen LogP contribution in [-0.2, 0) is 13.8 Å². The quantitative estimate of drug-likeness (QED) is 0.711. The van der Waals surface area contributed by atoms with E-state index in [1.165, 1.54) is 4.90 Å². The number of ether oxygens (including phenoxy) is 1. The van der Waals surface area contributed by atoms with Crippen molar-refractivity contribution in [2.45, 2.75) is 24.8 Å². The third-order valence-electron chi connectivity index (χ3n) is 2.77.